The summed E-state index contributed by atoms with van der Waals surface area (Å²) in [6, 6.07) is 2.40. The Morgan fingerprint density at radius 1 is 1.50 bits per heavy atom. The molecule has 1 saturated heterocycles. The highest BCUT2D eigenvalue weighted by molar-refractivity contribution is 4.91. The molecule has 0 amide bonds. The molecule has 1 rings (SSSR count). The van der Waals surface area contributed by atoms with Crippen LogP contribution in [0.2, 0.25) is 0 Å². The van der Waals surface area contributed by atoms with E-state index in [1.807, 2.05) is 6.92 Å². The molecule has 0 saturated carbocycles. The minimum atomic E-state index is 0.0671. The van der Waals surface area contributed by atoms with Crippen molar-refractivity contribution in [2.75, 3.05) is 19.6 Å². The topological polar surface area (TPSA) is 39.1 Å². The third-order valence-electron chi connectivity index (χ3n) is 3.21. The smallest absolute Gasteiger partial charge is 0.0949 e. The maximum atomic E-state index is 8.93. The van der Waals surface area contributed by atoms with Crippen molar-refractivity contribution in [3.05, 3.63) is 0 Å². The molecule has 1 aliphatic rings. The van der Waals surface area contributed by atoms with Crippen LogP contribution in [0, 0.1) is 17.2 Å². The first-order valence-corrected chi connectivity index (χ1v) is 6.31. The van der Waals surface area contributed by atoms with Gasteiger partial charge in [0, 0.05) is 12.1 Å². The lowest BCUT2D eigenvalue weighted by Crippen LogP contribution is -2.46. The lowest BCUT2D eigenvalue weighted by molar-refractivity contribution is 0.149. The first-order chi connectivity index (χ1) is 7.42. The molecule has 16 heavy (non-hydrogen) atoms. The molecule has 0 bridgehead atoms. The lowest BCUT2D eigenvalue weighted by Gasteiger charge is -2.35. The quantitative estimate of drug-likeness (QED) is 0.795. The van der Waals surface area contributed by atoms with Gasteiger partial charge in [0.25, 0.3) is 0 Å². The first kappa shape index (κ1) is 13.5. The van der Waals surface area contributed by atoms with Gasteiger partial charge in [-0.15, -0.1) is 0 Å². The molecule has 2 atom stereocenters. The highest BCUT2D eigenvalue weighted by Gasteiger charge is 2.24. The van der Waals surface area contributed by atoms with Gasteiger partial charge in [0.15, 0.2) is 0 Å². The standard InChI is InChI=1S/C13H25N3/c1-11(8-14)16-7-5-6-12(10-16)9-15-13(2,3)4/h11-12,15H,5-7,9-10H2,1-4H3. The Morgan fingerprint density at radius 3 is 2.75 bits per heavy atom. The van der Waals surface area contributed by atoms with E-state index in [4.69, 9.17) is 5.26 Å². The van der Waals surface area contributed by atoms with E-state index >= 15 is 0 Å². The van der Waals surface area contributed by atoms with Gasteiger partial charge in [-0.05, 0) is 59.5 Å². The van der Waals surface area contributed by atoms with E-state index in [2.05, 4.69) is 37.1 Å². The fourth-order valence-corrected chi connectivity index (χ4v) is 2.15. The van der Waals surface area contributed by atoms with Crippen LogP contribution < -0.4 is 5.32 Å². The molecule has 0 aromatic rings. The largest absolute Gasteiger partial charge is 0.312 e. The van der Waals surface area contributed by atoms with Crippen molar-refractivity contribution in [1.82, 2.24) is 10.2 Å². The van der Waals surface area contributed by atoms with Gasteiger partial charge in [-0.25, -0.2) is 0 Å². The zero-order chi connectivity index (χ0) is 12.2. The summed E-state index contributed by atoms with van der Waals surface area (Å²) in [4.78, 5) is 2.30. The van der Waals surface area contributed by atoms with Crippen molar-refractivity contribution in [3.8, 4) is 6.07 Å². The number of piperidine rings is 1. The summed E-state index contributed by atoms with van der Waals surface area (Å²) < 4.78 is 0. The molecule has 0 aromatic heterocycles. The van der Waals surface area contributed by atoms with Crippen molar-refractivity contribution >= 4 is 0 Å². The van der Waals surface area contributed by atoms with Crippen molar-refractivity contribution in [1.29, 1.82) is 5.26 Å². The SMILES string of the molecule is CC(C#N)N1CCCC(CNC(C)(C)C)C1. The van der Waals surface area contributed by atoms with Gasteiger partial charge in [-0.3, -0.25) is 4.90 Å². The molecule has 92 valence electrons. The molecule has 2 unspecified atom stereocenters. The highest BCUT2D eigenvalue weighted by atomic mass is 15.2. The third-order valence-corrected chi connectivity index (χ3v) is 3.21. The van der Waals surface area contributed by atoms with Crippen molar-refractivity contribution in [3.63, 3.8) is 0 Å². The molecule has 1 N–H and O–H groups in total. The van der Waals surface area contributed by atoms with E-state index in [9.17, 15) is 0 Å². The Balaban J connectivity index is 2.37. The highest BCUT2D eigenvalue weighted by Crippen LogP contribution is 2.18. The summed E-state index contributed by atoms with van der Waals surface area (Å²) in [5, 5.41) is 12.5. The van der Waals surface area contributed by atoms with Gasteiger partial charge < -0.3 is 5.32 Å². The maximum absolute atomic E-state index is 8.93. The number of hydrogen-bond acceptors (Lipinski definition) is 3. The molecular formula is C13H25N3. The predicted octanol–water partition coefficient (Wildman–Crippen LogP) is 2.00. The minimum Gasteiger partial charge on any atom is -0.312 e. The summed E-state index contributed by atoms with van der Waals surface area (Å²) in [6.45, 7) is 11.8. The van der Waals surface area contributed by atoms with Gasteiger partial charge in [0.1, 0.15) is 0 Å². The summed E-state index contributed by atoms with van der Waals surface area (Å²) in [7, 11) is 0. The van der Waals surface area contributed by atoms with Gasteiger partial charge in [-0.2, -0.15) is 5.26 Å². The normalized spacial score (nSPS) is 25.1. The Kier molecular flexibility index (Phi) is 4.76. The van der Waals surface area contributed by atoms with Crippen LogP contribution in [0.5, 0.6) is 0 Å². The number of nitrogens with one attached hydrogen (secondary N) is 1. The Hall–Kier alpha value is -0.590. The second-order valence-corrected chi connectivity index (χ2v) is 5.94. The number of nitriles is 1. The monoisotopic (exact) mass is 223 g/mol. The fourth-order valence-electron chi connectivity index (χ4n) is 2.15. The van der Waals surface area contributed by atoms with Gasteiger partial charge in [0.2, 0.25) is 0 Å². The Bertz CT molecular complexity index is 249. The second kappa shape index (κ2) is 5.65. The van der Waals surface area contributed by atoms with Crippen LogP contribution in [-0.2, 0) is 0 Å². The van der Waals surface area contributed by atoms with E-state index in [1.54, 1.807) is 0 Å². The lowest BCUT2D eigenvalue weighted by atomic mass is 9.95. The number of hydrogen-bond donors (Lipinski definition) is 1. The minimum absolute atomic E-state index is 0.0671. The number of rotatable bonds is 3. The van der Waals surface area contributed by atoms with E-state index in [-0.39, 0.29) is 11.6 Å². The zero-order valence-corrected chi connectivity index (χ0v) is 11.1. The predicted molar refractivity (Wildman–Crippen MR) is 67.1 cm³/mol. The van der Waals surface area contributed by atoms with Crippen LogP contribution >= 0.6 is 0 Å². The Morgan fingerprint density at radius 2 is 2.19 bits per heavy atom. The molecule has 3 nitrogen and oxygen atoms in total. The second-order valence-electron chi connectivity index (χ2n) is 5.94. The molecule has 0 radical (unpaired) electrons. The molecule has 0 aliphatic carbocycles. The van der Waals surface area contributed by atoms with Gasteiger partial charge >= 0.3 is 0 Å². The maximum Gasteiger partial charge on any atom is 0.0949 e. The molecule has 0 spiro atoms. The van der Waals surface area contributed by atoms with E-state index < -0.39 is 0 Å². The third kappa shape index (κ3) is 4.51. The summed E-state index contributed by atoms with van der Waals surface area (Å²) in [5.74, 6) is 0.698. The molecular weight excluding hydrogens is 198 g/mol. The van der Waals surface area contributed by atoms with Crippen molar-refractivity contribution in [2.24, 2.45) is 5.92 Å². The zero-order valence-electron chi connectivity index (χ0n) is 11.1. The van der Waals surface area contributed by atoms with E-state index in [0.29, 0.717) is 5.92 Å². The summed E-state index contributed by atoms with van der Waals surface area (Å²) in [5.41, 5.74) is 0.198. The molecule has 3 heteroatoms. The molecule has 1 fully saturated rings. The van der Waals surface area contributed by atoms with Crippen LogP contribution in [0.25, 0.3) is 0 Å². The summed E-state index contributed by atoms with van der Waals surface area (Å²) >= 11 is 0. The van der Waals surface area contributed by atoms with Crippen molar-refractivity contribution in [2.45, 2.75) is 52.1 Å². The van der Waals surface area contributed by atoms with E-state index in [0.717, 1.165) is 19.6 Å². The van der Waals surface area contributed by atoms with Crippen molar-refractivity contribution < 1.29 is 0 Å². The fraction of sp³-hybridized carbons (Fsp3) is 0.923. The van der Waals surface area contributed by atoms with Crippen LogP contribution in [0.1, 0.15) is 40.5 Å². The van der Waals surface area contributed by atoms with Crippen LogP contribution in [0.3, 0.4) is 0 Å². The van der Waals surface area contributed by atoms with Gasteiger partial charge in [-0.1, -0.05) is 0 Å². The van der Waals surface area contributed by atoms with Gasteiger partial charge in [0.05, 0.1) is 12.1 Å². The molecule has 1 heterocycles. The molecule has 1 aliphatic heterocycles. The Labute approximate surface area is 99.8 Å². The number of likely N-dealkylation sites (tertiary alicyclic amines) is 1. The van der Waals surface area contributed by atoms with Crippen LogP contribution in [0.15, 0.2) is 0 Å². The molecule has 0 aromatic carbocycles. The number of nitrogens with zero attached hydrogens (tertiary/aromatic N) is 2. The average molecular weight is 223 g/mol. The van der Waals surface area contributed by atoms with Crippen LogP contribution in [0.4, 0.5) is 0 Å². The van der Waals surface area contributed by atoms with Crippen LogP contribution in [-0.4, -0.2) is 36.1 Å². The first-order valence-electron chi connectivity index (χ1n) is 6.31. The average Bonchev–Trinajstić information content (AvgIpc) is 2.25. The summed E-state index contributed by atoms with van der Waals surface area (Å²) in [6.07, 6.45) is 2.51. The van der Waals surface area contributed by atoms with E-state index in [1.165, 1.54) is 12.8 Å².